The van der Waals surface area contributed by atoms with Gasteiger partial charge in [0.15, 0.2) is 0 Å². The van der Waals surface area contributed by atoms with E-state index in [1.807, 2.05) is 12.4 Å². The Bertz CT molecular complexity index is 8510. The molecule has 16 aliphatic rings. The molecule has 36 rings (SSSR count). The molecule has 20 aromatic rings. The maximum Gasteiger partial charge on any atom is 0.0716 e. The van der Waals surface area contributed by atoms with Crippen LogP contribution in [0.15, 0.2) is 340 Å². The van der Waals surface area contributed by atoms with E-state index in [-0.39, 0.29) is 0 Å². The molecule has 0 bridgehead atoms. The first kappa shape index (κ1) is 76.5. The van der Waals surface area contributed by atoms with Crippen molar-refractivity contribution in [2.24, 2.45) is 0 Å². The zero-order chi connectivity index (χ0) is 90.7. The number of para-hydroxylation sites is 4. The smallest absolute Gasteiger partial charge is 0.0716 e. The van der Waals surface area contributed by atoms with Gasteiger partial charge in [0.1, 0.15) is 0 Å². The summed E-state index contributed by atoms with van der Waals surface area (Å²) >= 11 is 0. The van der Waals surface area contributed by atoms with Crippen LogP contribution in [0.2, 0.25) is 0 Å². The summed E-state index contributed by atoms with van der Waals surface area (Å²) in [5.41, 5.74) is 84.8. The van der Waals surface area contributed by atoms with Crippen molar-refractivity contribution in [2.75, 3.05) is 19.6 Å². The Balaban J connectivity index is 0.0000000829. The molecular formula is C132H88N8. The Morgan fingerprint density at radius 3 is 0.814 bits per heavy atom. The van der Waals surface area contributed by atoms with Gasteiger partial charge in [-0.25, -0.2) is 0 Å². The number of pyridine rings is 4. The second-order valence-electron chi connectivity index (χ2n) is 41.3. The van der Waals surface area contributed by atoms with Gasteiger partial charge in [-0.3, -0.25) is 19.9 Å². The normalized spacial score (nSPS) is 14.9. The topological polar surface area (TPSA) is 64.5 Å². The summed E-state index contributed by atoms with van der Waals surface area (Å²) in [6.45, 7) is 0. The van der Waals surface area contributed by atoms with Gasteiger partial charge >= 0.3 is 0 Å². The molecule has 12 heterocycles. The molecule has 0 saturated heterocycles. The summed E-state index contributed by atoms with van der Waals surface area (Å²) in [5.74, 6) is 0. The fraction of sp³-hybridized carbons (Fsp3) is 0.121. The first-order valence-corrected chi connectivity index (χ1v) is 50.3. The van der Waals surface area contributed by atoms with Gasteiger partial charge in [0.2, 0.25) is 0 Å². The Morgan fingerprint density at radius 2 is 0.393 bits per heavy atom. The molecule has 0 amide bonds. The van der Waals surface area contributed by atoms with E-state index in [9.17, 15) is 0 Å². The van der Waals surface area contributed by atoms with Crippen molar-refractivity contribution in [3.63, 3.8) is 0 Å². The zero-order valence-corrected chi connectivity index (χ0v) is 77.2. The molecule has 8 nitrogen and oxygen atoms in total. The largest absolute Gasteiger partial charge is 0.309 e. The monoisotopic (exact) mass is 1780 g/mol. The van der Waals surface area contributed by atoms with Crippen molar-refractivity contribution >= 4 is 68.2 Å². The van der Waals surface area contributed by atoms with Crippen LogP contribution in [0.4, 0.5) is 68.2 Å². The van der Waals surface area contributed by atoms with Gasteiger partial charge in [0.05, 0.1) is 56.9 Å². The van der Waals surface area contributed by atoms with Gasteiger partial charge in [0, 0.05) is 111 Å². The number of rotatable bonds is 0. The van der Waals surface area contributed by atoms with Crippen molar-refractivity contribution < 1.29 is 0 Å². The highest BCUT2D eigenvalue weighted by Crippen LogP contribution is 2.63. The van der Waals surface area contributed by atoms with E-state index in [2.05, 4.69) is 358 Å². The third kappa shape index (κ3) is 10.6. The molecule has 8 aliphatic heterocycles. The molecule has 4 aromatic heterocycles. The van der Waals surface area contributed by atoms with E-state index in [0.717, 1.165) is 103 Å². The lowest BCUT2D eigenvalue weighted by Gasteiger charge is -2.39. The standard InChI is InChI=1S/4C33H22N2/c1-3-7-23-19(5-1)16-26-24(23)10-11-25-27(26)17-21-9-12-31-28(32(21)25)18-29-33-22(13-14-34-29)15-20-6-2-4-8-30(20)35(31)33;2*1-3-7-25-19(5-1)13-21-9-11-26-27(31(21)25)15-22-10-12-30-28(32(22)26)16-24-18-34-17-23-14-20-6-2-4-8-29(20)35(30)33(23)24;1-3-7-24-19(5-1)15-21-9-11-25-26(31(21)24)16-22-10-12-30-27(32(22)25)17-23-13-14-34-28-18-20-6-2-4-8-29(20)35(30)33(23)28/h1-14H,15-18H2;2*1-12,17-18H,13-16H2;1-14H,15-18H2. The first-order chi connectivity index (χ1) is 69.4. The lowest BCUT2D eigenvalue weighted by atomic mass is 9.84. The van der Waals surface area contributed by atoms with Gasteiger partial charge in [-0.2, -0.15) is 0 Å². The number of anilines is 12. The molecule has 0 atom stereocenters. The maximum absolute atomic E-state index is 4.91. The summed E-state index contributed by atoms with van der Waals surface area (Å²) in [6, 6.07) is 114. The van der Waals surface area contributed by atoms with Crippen molar-refractivity contribution in [3.05, 3.63) is 519 Å². The maximum atomic E-state index is 4.91. The van der Waals surface area contributed by atoms with Crippen LogP contribution in [0.1, 0.15) is 178 Å². The van der Waals surface area contributed by atoms with Crippen LogP contribution >= 0.6 is 0 Å². The molecular weight excluding hydrogens is 1700 g/mol. The van der Waals surface area contributed by atoms with Crippen LogP contribution in [0, 0.1) is 0 Å². The van der Waals surface area contributed by atoms with Crippen LogP contribution in [-0.2, 0) is 103 Å². The van der Waals surface area contributed by atoms with Crippen LogP contribution in [0.3, 0.4) is 0 Å². The highest BCUT2D eigenvalue weighted by molar-refractivity contribution is 6.04. The quantitative estimate of drug-likeness (QED) is 0.149. The number of hydrogen-bond donors (Lipinski definition) is 0. The zero-order valence-electron chi connectivity index (χ0n) is 77.2. The summed E-state index contributed by atoms with van der Waals surface area (Å²) in [4.78, 5) is 29.1. The molecule has 0 spiro atoms. The fourth-order valence-electron chi connectivity index (χ4n) is 28.8. The molecule has 0 fully saturated rings. The van der Waals surface area contributed by atoms with Crippen molar-refractivity contribution in [1.82, 2.24) is 19.9 Å². The third-order valence-electron chi connectivity index (χ3n) is 34.4. The van der Waals surface area contributed by atoms with E-state index in [1.165, 1.54) is 336 Å². The van der Waals surface area contributed by atoms with Crippen molar-refractivity contribution in [3.8, 4) is 89.0 Å². The summed E-state index contributed by atoms with van der Waals surface area (Å²) in [5, 5.41) is 0. The van der Waals surface area contributed by atoms with Gasteiger partial charge in [0.25, 0.3) is 0 Å². The Kier molecular flexibility index (Phi) is 15.6. The molecule has 656 valence electrons. The van der Waals surface area contributed by atoms with Crippen molar-refractivity contribution in [1.29, 1.82) is 0 Å². The molecule has 16 aromatic carbocycles. The molecule has 0 saturated carbocycles. The molecule has 8 aliphatic carbocycles. The van der Waals surface area contributed by atoms with E-state index >= 15 is 0 Å². The van der Waals surface area contributed by atoms with Gasteiger partial charge in [-0.05, 0) is 368 Å². The summed E-state index contributed by atoms with van der Waals surface area (Å²) in [7, 11) is 0. The average Bonchev–Trinajstić information content (AvgIpc) is 0.755. The highest BCUT2D eigenvalue weighted by atomic mass is 15.2. The third-order valence-corrected chi connectivity index (χ3v) is 34.4. The molecule has 0 unspecified atom stereocenters. The minimum Gasteiger partial charge on any atom is -0.309 e. The number of hydrogen-bond acceptors (Lipinski definition) is 8. The first-order valence-electron chi connectivity index (χ1n) is 50.3. The van der Waals surface area contributed by atoms with Crippen LogP contribution in [0.25, 0.3) is 89.0 Å². The predicted octanol–water partition coefficient (Wildman–Crippen LogP) is 30.0. The Labute approximate surface area is 812 Å². The van der Waals surface area contributed by atoms with E-state index in [4.69, 9.17) is 9.97 Å². The van der Waals surface area contributed by atoms with E-state index < -0.39 is 0 Å². The Morgan fingerprint density at radius 1 is 0.143 bits per heavy atom. The van der Waals surface area contributed by atoms with Crippen LogP contribution in [0.5, 0.6) is 0 Å². The SMILES string of the molecule is c1ccc2c(c1)Cc1c-2ccc2c1Cc1ccc3c(c1-2)Cc1nccc2c1N3c1ccccc1C2.c1ccc2c(c1)Cc1ccc3c(c1-2)Cc1ccc2c(c1-3)Cc1ccnc3c1N2c1ccccc1C3.c1ccc2c(c1)Cc1ccc3c(c1-2)Cc1ccc2c(c1-3)Cc1cncc3c1N2c1ccccc1C3.c1ccc2c(c1)Cc1ccc3c(c1-2)Cc1ccc2c(c1-3)Cc1cncc3c1N2c1ccccc1C3. The van der Waals surface area contributed by atoms with Gasteiger partial charge in [-0.1, -0.05) is 243 Å². The number of fused-ring (bicyclic) bond motifs is 48. The van der Waals surface area contributed by atoms with E-state index in [0.29, 0.717) is 0 Å². The van der Waals surface area contributed by atoms with Crippen LogP contribution in [-0.4, -0.2) is 19.9 Å². The summed E-state index contributed by atoms with van der Waals surface area (Å²) < 4.78 is 0. The molecule has 0 radical (unpaired) electrons. The summed E-state index contributed by atoms with van der Waals surface area (Å²) in [6.07, 6.45) is 28.2. The average molecular weight is 1790 g/mol. The van der Waals surface area contributed by atoms with Gasteiger partial charge < -0.3 is 19.6 Å². The number of benzene rings is 16. The fourth-order valence-corrected chi connectivity index (χ4v) is 28.8. The second kappa shape index (κ2) is 28.5. The minimum atomic E-state index is 0.900. The van der Waals surface area contributed by atoms with Gasteiger partial charge in [-0.15, -0.1) is 0 Å². The Hall–Kier alpha value is -16.7. The second-order valence-corrected chi connectivity index (χ2v) is 41.3. The molecule has 8 heteroatoms. The lowest BCUT2D eigenvalue weighted by Crippen LogP contribution is -2.25. The lowest BCUT2D eigenvalue weighted by molar-refractivity contribution is 0.960. The molecule has 0 N–H and O–H groups in total. The number of nitrogens with zero attached hydrogens (tertiary/aromatic N) is 8. The highest BCUT2D eigenvalue weighted by Gasteiger charge is 2.45. The predicted molar refractivity (Wildman–Crippen MR) is 564 cm³/mol. The number of aromatic nitrogens is 4. The van der Waals surface area contributed by atoms with Crippen molar-refractivity contribution in [2.45, 2.75) is 103 Å². The molecule has 140 heavy (non-hydrogen) atoms. The van der Waals surface area contributed by atoms with E-state index in [1.54, 1.807) is 0 Å². The minimum absolute atomic E-state index is 0.900. The van der Waals surface area contributed by atoms with Crippen LogP contribution < -0.4 is 19.6 Å².